The molecule has 8 nitrogen and oxygen atoms in total. The molecule has 1 N–H and O–H groups in total. The molecule has 1 aromatic carbocycles. The van der Waals surface area contributed by atoms with Crippen LogP contribution in [0.1, 0.15) is 23.7 Å². The van der Waals surface area contributed by atoms with Gasteiger partial charge >= 0.3 is 0 Å². The number of nitrogens with zero attached hydrogens (tertiary/aromatic N) is 6. The van der Waals surface area contributed by atoms with E-state index in [0.717, 1.165) is 25.2 Å². The molecule has 0 aliphatic carbocycles. The van der Waals surface area contributed by atoms with Crippen molar-refractivity contribution in [2.45, 2.75) is 18.9 Å². The predicted molar refractivity (Wildman–Crippen MR) is 116 cm³/mol. The van der Waals surface area contributed by atoms with Crippen molar-refractivity contribution in [1.82, 2.24) is 25.2 Å². The largest absolute Gasteiger partial charge is 0.365 e. The Morgan fingerprint density at radius 3 is 2.94 bits per heavy atom. The maximum Gasteiger partial charge on any atom is 0.278 e. The minimum absolute atomic E-state index is 0.0258. The zero-order chi connectivity index (χ0) is 21.5. The van der Waals surface area contributed by atoms with Gasteiger partial charge in [0.25, 0.3) is 5.89 Å². The summed E-state index contributed by atoms with van der Waals surface area (Å²) in [6.07, 6.45) is 0.998. The number of hydrogen-bond acceptors (Lipinski definition) is 8. The molecule has 162 valence electrons. The van der Waals surface area contributed by atoms with Gasteiger partial charge in [-0.1, -0.05) is 28.4 Å². The molecule has 2 aliphatic heterocycles. The molecule has 2 aliphatic rings. The Morgan fingerprint density at radius 1 is 1.26 bits per heavy atom. The van der Waals surface area contributed by atoms with Crippen LogP contribution in [0.4, 0.5) is 15.9 Å². The van der Waals surface area contributed by atoms with E-state index in [9.17, 15) is 4.39 Å². The first-order chi connectivity index (χ1) is 15.0. The average molecular weight is 464 g/mol. The zero-order valence-corrected chi connectivity index (χ0v) is 18.3. The highest BCUT2D eigenvalue weighted by Crippen LogP contribution is 2.35. The highest BCUT2D eigenvalue weighted by atomic mass is 35.5. The Hall–Kier alpha value is -2.49. The molecule has 3 aromatic rings. The highest BCUT2D eigenvalue weighted by Gasteiger charge is 2.27. The average Bonchev–Trinajstić information content (AvgIpc) is 3.43. The van der Waals surface area contributed by atoms with Crippen LogP contribution in [0.3, 0.4) is 0 Å². The Labute approximate surface area is 188 Å². The Bertz CT molecular complexity index is 1120. The summed E-state index contributed by atoms with van der Waals surface area (Å²) in [4.78, 5) is 8.83. The van der Waals surface area contributed by atoms with Crippen molar-refractivity contribution in [2.75, 3.05) is 43.4 Å². The van der Waals surface area contributed by atoms with Crippen LogP contribution in [-0.2, 0) is 6.54 Å². The van der Waals surface area contributed by atoms with Crippen molar-refractivity contribution in [3.8, 4) is 11.6 Å². The summed E-state index contributed by atoms with van der Waals surface area (Å²) in [5.41, 5.74) is 1.79. The molecule has 0 saturated carbocycles. The van der Waals surface area contributed by atoms with Crippen molar-refractivity contribution >= 4 is 34.7 Å². The van der Waals surface area contributed by atoms with Gasteiger partial charge in [0.2, 0.25) is 0 Å². The molecule has 1 fully saturated rings. The van der Waals surface area contributed by atoms with Crippen LogP contribution < -0.4 is 10.2 Å². The van der Waals surface area contributed by atoms with Gasteiger partial charge in [0.05, 0.1) is 10.7 Å². The molecule has 0 radical (unpaired) electrons. The van der Waals surface area contributed by atoms with Gasteiger partial charge in [0, 0.05) is 42.7 Å². The van der Waals surface area contributed by atoms with E-state index in [1.165, 1.54) is 12.1 Å². The van der Waals surface area contributed by atoms with E-state index < -0.39 is 5.82 Å². The molecule has 1 unspecified atom stereocenters. The summed E-state index contributed by atoms with van der Waals surface area (Å²) in [5.74, 6) is 1.39. The minimum atomic E-state index is -0.499. The second-order valence-electron chi connectivity index (χ2n) is 7.84. The maximum absolute atomic E-state index is 14.0. The van der Waals surface area contributed by atoms with Gasteiger partial charge < -0.3 is 19.6 Å². The van der Waals surface area contributed by atoms with Gasteiger partial charge in [0.15, 0.2) is 17.3 Å². The Morgan fingerprint density at radius 2 is 2.13 bits per heavy atom. The van der Waals surface area contributed by atoms with Gasteiger partial charge in [-0.25, -0.2) is 4.39 Å². The monoisotopic (exact) mass is 463 g/mol. The van der Waals surface area contributed by atoms with Gasteiger partial charge in [-0.3, -0.25) is 0 Å². The van der Waals surface area contributed by atoms with Gasteiger partial charge in [-0.2, -0.15) is 4.98 Å². The van der Waals surface area contributed by atoms with Crippen molar-refractivity contribution in [3.05, 3.63) is 45.4 Å². The number of nitrogens with one attached hydrogen (secondary N) is 1. The molecule has 1 saturated heterocycles. The van der Waals surface area contributed by atoms with Crippen LogP contribution in [0.5, 0.6) is 0 Å². The molecular formula is C20H20Cl2FN7O. The molecule has 0 amide bonds. The van der Waals surface area contributed by atoms with Gasteiger partial charge in [-0.15, -0.1) is 10.2 Å². The summed E-state index contributed by atoms with van der Waals surface area (Å²) < 4.78 is 19.5. The van der Waals surface area contributed by atoms with Crippen molar-refractivity contribution in [2.24, 2.45) is 0 Å². The van der Waals surface area contributed by atoms with E-state index in [0.29, 0.717) is 53.4 Å². The molecule has 0 bridgehead atoms. The van der Waals surface area contributed by atoms with E-state index in [4.69, 9.17) is 27.7 Å². The molecule has 1 atom stereocenters. The Kier molecular flexibility index (Phi) is 5.41. The first-order valence-electron chi connectivity index (χ1n) is 10.0. The third-order valence-corrected chi connectivity index (χ3v) is 6.46. The normalized spacial score (nSPS) is 18.8. The van der Waals surface area contributed by atoms with Crippen molar-refractivity contribution < 1.29 is 8.91 Å². The fourth-order valence-electron chi connectivity index (χ4n) is 4.00. The van der Waals surface area contributed by atoms with E-state index >= 15 is 0 Å². The topological polar surface area (TPSA) is 83.2 Å². The van der Waals surface area contributed by atoms with Crippen LogP contribution in [0.25, 0.3) is 11.6 Å². The van der Waals surface area contributed by atoms with E-state index in [2.05, 4.69) is 37.6 Å². The number of likely N-dealkylation sites (N-methyl/N-ethyl adjacent to an activating group) is 1. The highest BCUT2D eigenvalue weighted by molar-refractivity contribution is 6.36. The summed E-state index contributed by atoms with van der Waals surface area (Å²) in [5, 5.41) is 16.4. The van der Waals surface area contributed by atoms with Crippen LogP contribution >= 0.6 is 23.2 Å². The van der Waals surface area contributed by atoms with Crippen LogP contribution in [0, 0.1) is 5.82 Å². The molecule has 11 heteroatoms. The number of benzene rings is 1. The second-order valence-corrected chi connectivity index (χ2v) is 8.62. The Balaban J connectivity index is 1.44. The second kappa shape index (κ2) is 8.22. The third kappa shape index (κ3) is 3.93. The third-order valence-electron chi connectivity index (χ3n) is 5.69. The molecule has 4 heterocycles. The maximum atomic E-state index is 14.0. The summed E-state index contributed by atoms with van der Waals surface area (Å²) in [6.45, 7) is 3.57. The number of rotatable bonds is 4. The number of likely N-dealkylation sites (tertiary alicyclic amines) is 1. The van der Waals surface area contributed by atoms with Crippen LogP contribution in [0.15, 0.2) is 22.7 Å². The number of aromatic nitrogens is 4. The number of anilines is 2. The minimum Gasteiger partial charge on any atom is -0.365 e. The van der Waals surface area contributed by atoms with Gasteiger partial charge in [-0.05, 0) is 38.2 Å². The lowest BCUT2D eigenvalue weighted by atomic mass is 10.1. The lowest BCUT2D eigenvalue weighted by Crippen LogP contribution is -2.34. The van der Waals surface area contributed by atoms with Crippen LogP contribution in [0.2, 0.25) is 10.0 Å². The summed E-state index contributed by atoms with van der Waals surface area (Å²) in [6, 6.07) is 4.62. The number of hydrogen-bond donors (Lipinski definition) is 1. The fourth-order valence-corrected chi connectivity index (χ4v) is 4.49. The summed E-state index contributed by atoms with van der Waals surface area (Å²) >= 11 is 12.5. The van der Waals surface area contributed by atoms with E-state index in [-0.39, 0.29) is 10.9 Å². The fraction of sp³-hybridized carbons (Fsp3) is 0.400. The van der Waals surface area contributed by atoms with E-state index in [1.807, 2.05) is 11.0 Å². The number of fused-ring (bicyclic) bond motifs is 1. The smallest absolute Gasteiger partial charge is 0.278 e. The lowest BCUT2D eigenvalue weighted by molar-refractivity contribution is 0.396. The van der Waals surface area contributed by atoms with Crippen molar-refractivity contribution in [3.63, 3.8) is 0 Å². The molecule has 5 rings (SSSR count). The molecule has 2 aromatic heterocycles. The zero-order valence-electron chi connectivity index (χ0n) is 16.8. The first-order valence-corrected chi connectivity index (χ1v) is 10.8. The lowest BCUT2D eigenvalue weighted by Gasteiger charge is -2.31. The quantitative estimate of drug-likeness (QED) is 0.584. The summed E-state index contributed by atoms with van der Waals surface area (Å²) in [7, 11) is 2.08. The van der Waals surface area contributed by atoms with Gasteiger partial charge in [0.1, 0.15) is 5.82 Å². The molecular weight excluding hydrogens is 444 g/mol. The molecule has 0 spiro atoms. The van der Waals surface area contributed by atoms with E-state index in [1.54, 1.807) is 0 Å². The number of halogens is 3. The standard InChI is InChI=1S/C20H20Cl2FN7O/c1-29-6-4-11(9-29)18-25-20(31-28-18)15-8-16-19(27-26-15)24-5-7-30(16)10-12-13(21)2-3-14(23)17(12)22/h2-3,8,11H,4-7,9-10H2,1H3,(H,24,27). The molecule has 31 heavy (non-hydrogen) atoms. The predicted octanol–water partition coefficient (Wildman–Crippen LogP) is 3.82. The van der Waals surface area contributed by atoms with Crippen molar-refractivity contribution in [1.29, 1.82) is 0 Å². The first kappa shape index (κ1) is 20.4. The SMILES string of the molecule is CN1CCC(c2noc(-c3cc4c(nn3)NCCN4Cc3c(Cl)ccc(F)c3Cl)n2)C1. The van der Waals surface area contributed by atoms with Crippen LogP contribution in [-0.4, -0.2) is 58.5 Å².